The molecule has 0 saturated carbocycles. The molecule has 1 amide bonds. The highest BCUT2D eigenvalue weighted by Crippen LogP contribution is 2.35. The Hall–Kier alpha value is -1.05. The van der Waals surface area contributed by atoms with Crippen LogP contribution < -0.4 is 5.73 Å². The highest BCUT2D eigenvalue weighted by molar-refractivity contribution is 5.83. The van der Waals surface area contributed by atoms with E-state index < -0.39 is 5.41 Å². The summed E-state index contributed by atoms with van der Waals surface area (Å²) in [6, 6.07) is 0. The third kappa shape index (κ3) is 1.82. The lowest BCUT2D eigenvalue weighted by Crippen LogP contribution is -2.36. The van der Waals surface area contributed by atoms with Crippen molar-refractivity contribution in [3.8, 4) is 0 Å². The Balaban J connectivity index is 2.89. The Morgan fingerprint density at radius 2 is 2.31 bits per heavy atom. The topological polar surface area (TPSA) is 43.1 Å². The monoisotopic (exact) mass is 179 g/mol. The Morgan fingerprint density at radius 3 is 2.77 bits per heavy atom. The van der Waals surface area contributed by atoms with Crippen LogP contribution in [0.1, 0.15) is 33.1 Å². The molecule has 0 spiro atoms. The van der Waals surface area contributed by atoms with Gasteiger partial charge in [0.1, 0.15) is 0 Å². The van der Waals surface area contributed by atoms with Gasteiger partial charge in [-0.3, -0.25) is 4.79 Å². The lowest BCUT2D eigenvalue weighted by Gasteiger charge is -2.29. The summed E-state index contributed by atoms with van der Waals surface area (Å²) in [6.07, 6.45) is 8.56. The number of allylic oxidation sites excluding steroid dienone is 3. The van der Waals surface area contributed by atoms with Crippen LogP contribution in [0.15, 0.2) is 23.8 Å². The summed E-state index contributed by atoms with van der Waals surface area (Å²) in [5.74, 6) is -0.203. The van der Waals surface area contributed by atoms with Gasteiger partial charge in [-0.25, -0.2) is 0 Å². The summed E-state index contributed by atoms with van der Waals surface area (Å²) in [5.41, 5.74) is 6.30. The molecule has 1 unspecified atom stereocenters. The van der Waals surface area contributed by atoms with Crippen molar-refractivity contribution < 1.29 is 4.79 Å². The van der Waals surface area contributed by atoms with Gasteiger partial charge in [0.15, 0.2) is 0 Å². The smallest absolute Gasteiger partial charge is 0.227 e. The average Bonchev–Trinajstić information content (AvgIpc) is 2.17. The van der Waals surface area contributed by atoms with Crippen LogP contribution >= 0.6 is 0 Å². The lowest BCUT2D eigenvalue weighted by atomic mass is 9.75. The Bertz CT molecular complexity index is 265. The van der Waals surface area contributed by atoms with E-state index in [0.29, 0.717) is 0 Å². The van der Waals surface area contributed by atoms with Gasteiger partial charge in [0.2, 0.25) is 5.91 Å². The van der Waals surface area contributed by atoms with Crippen molar-refractivity contribution >= 4 is 5.91 Å². The third-order valence-electron chi connectivity index (χ3n) is 2.87. The van der Waals surface area contributed by atoms with Crippen LogP contribution in [0.5, 0.6) is 0 Å². The average molecular weight is 179 g/mol. The van der Waals surface area contributed by atoms with Gasteiger partial charge in [-0.1, -0.05) is 37.6 Å². The summed E-state index contributed by atoms with van der Waals surface area (Å²) in [4.78, 5) is 11.3. The molecular weight excluding hydrogens is 162 g/mol. The van der Waals surface area contributed by atoms with Crippen molar-refractivity contribution in [2.24, 2.45) is 11.1 Å². The van der Waals surface area contributed by atoms with E-state index in [1.54, 1.807) is 0 Å². The van der Waals surface area contributed by atoms with E-state index in [1.165, 1.54) is 5.57 Å². The molecule has 0 aromatic rings. The highest BCUT2D eigenvalue weighted by Gasteiger charge is 2.33. The first-order chi connectivity index (χ1) is 6.14. The first kappa shape index (κ1) is 10.0. The van der Waals surface area contributed by atoms with Crippen molar-refractivity contribution in [2.75, 3.05) is 0 Å². The molecule has 0 fully saturated rings. The maximum atomic E-state index is 11.3. The van der Waals surface area contributed by atoms with Crippen LogP contribution in [0.3, 0.4) is 0 Å². The third-order valence-corrected chi connectivity index (χ3v) is 2.87. The second-order valence-corrected chi connectivity index (χ2v) is 3.59. The van der Waals surface area contributed by atoms with Crippen molar-refractivity contribution in [1.82, 2.24) is 0 Å². The van der Waals surface area contributed by atoms with E-state index >= 15 is 0 Å². The summed E-state index contributed by atoms with van der Waals surface area (Å²) >= 11 is 0. The fourth-order valence-electron chi connectivity index (χ4n) is 1.72. The van der Waals surface area contributed by atoms with Crippen LogP contribution in [-0.2, 0) is 4.79 Å². The fraction of sp³-hybridized carbons (Fsp3) is 0.545. The quantitative estimate of drug-likeness (QED) is 0.708. The Morgan fingerprint density at radius 1 is 1.62 bits per heavy atom. The van der Waals surface area contributed by atoms with Gasteiger partial charge in [-0.15, -0.1) is 0 Å². The molecule has 0 saturated heterocycles. The number of carbonyl (C=O) groups is 1. The standard InChI is InChI=1S/C11H17NO/c1-3-9-6-5-7-11(4-2,8-9)10(12)13/h5-7H,3-4,8H2,1-2H3,(H2,12,13). The number of hydrogen-bond donors (Lipinski definition) is 1. The van der Waals surface area contributed by atoms with Gasteiger partial charge in [0.05, 0.1) is 5.41 Å². The van der Waals surface area contributed by atoms with E-state index in [9.17, 15) is 4.79 Å². The van der Waals surface area contributed by atoms with E-state index in [4.69, 9.17) is 5.73 Å². The van der Waals surface area contributed by atoms with Crippen LogP contribution in [0.4, 0.5) is 0 Å². The number of hydrogen-bond acceptors (Lipinski definition) is 1. The lowest BCUT2D eigenvalue weighted by molar-refractivity contribution is -0.125. The molecule has 1 aliphatic rings. The molecule has 0 aliphatic heterocycles. The normalized spacial score (nSPS) is 27.1. The molecule has 1 atom stereocenters. The zero-order chi connectivity index (χ0) is 9.90. The van der Waals surface area contributed by atoms with Crippen molar-refractivity contribution in [1.29, 1.82) is 0 Å². The fourth-order valence-corrected chi connectivity index (χ4v) is 1.72. The van der Waals surface area contributed by atoms with Gasteiger partial charge in [0.25, 0.3) is 0 Å². The second kappa shape index (κ2) is 3.77. The number of rotatable bonds is 3. The van der Waals surface area contributed by atoms with Gasteiger partial charge < -0.3 is 5.73 Å². The molecule has 0 radical (unpaired) electrons. The Kier molecular flexibility index (Phi) is 2.91. The van der Waals surface area contributed by atoms with E-state index in [1.807, 2.05) is 19.1 Å². The van der Waals surface area contributed by atoms with E-state index in [2.05, 4.69) is 13.0 Å². The molecule has 0 heterocycles. The predicted molar refractivity (Wildman–Crippen MR) is 54.0 cm³/mol. The van der Waals surface area contributed by atoms with Gasteiger partial charge in [-0.2, -0.15) is 0 Å². The molecule has 2 nitrogen and oxygen atoms in total. The molecule has 0 aromatic carbocycles. The van der Waals surface area contributed by atoms with Crippen LogP contribution in [0, 0.1) is 5.41 Å². The van der Waals surface area contributed by atoms with Crippen LogP contribution in [-0.4, -0.2) is 5.91 Å². The summed E-state index contributed by atoms with van der Waals surface area (Å²) in [7, 11) is 0. The summed E-state index contributed by atoms with van der Waals surface area (Å²) in [5, 5.41) is 0. The molecule has 1 aliphatic carbocycles. The predicted octanol–water partition coefficient (Wildman–Crippen LogP) is 2.16. The zero-order valence-corrected chi connectivity index (χ0v) is 8.34. The largest absolute Gasteiger partial charge is 0.369 e. The van der Waals surface area contributed by atoms with Crippen LogP contribution in [0.2, 0.25) is 0 Å². The van der Waals surface area contributed by atoms with Gasteiger partial charge in [-0.05, 0) is 19.3 Å². The number of primary amides is 1. The molecule has 2 N–H and O–H groups in total. The molecular formula is C11H17NO. The molecule has 0 aromatic heterocycles. The molecule has 13 heavy (non-hydrogen) atoms. The highest BCUT2D eigenvalue weighted by atomic mass is 16.1. The molecule has 0 bridgehead atoms. The van der Waals surface area contributed by atoms with Crippen molar-refractivity contribution in [3.05, 3.63) is 23.8 Å². The summed E-state index contributed by atoms with van der Waals surface area (Å²) in [6.45, 7) is 4.11. The van der Waals surface area contributed by atoms with Crippen molar-refractivity contribution in [3.63, 3.8) is 0 Å². The number of amides is 1. The minimum absolute atomic E-state index is 0.203. The SMILES string of the molecule is CCC1=CC=CC(CC)(C(N)=O)C1. The summed E-state index contributed by atoms with van der Waals surface area (Å²) < 4.78 is 0. The number of nitrogens with two attached hydrogens (primary N) is 1. The first-order valence-electron chi connectivity index (χ1n) is 4.82. The molecule has 1 rings (SSSR count). The molecule has 72 valence electrons. The maximum Gasteiger partial charge on any atom is 0.227 e. The van der Waals surface area contributed by atoms with E-state index in [-0.39, 0.29) is 5.91 Å². The van der Waals surface area contributed by atoms with E-state index in [0.717, 1.165) is 19.3 Å². The maximum absolute atomic E-state index is 11.3. The Labute approximate surface area is 79.5 Å². The molecule has 2 heteroatoms. The van der Waals surface area contributed by atoms with Crippen LogP contribution in [0.25, 0.3) is 0 Å². The van der Waals surface area contributed by atoms with Crippen molar-refractivity contribution in [2.45, 2.75) is 33.1 Å². The second-order valence-electron chi connectivity index (χ2n) is 3.59. The minimum Gasteiger partial charge on any atom is -0.369 e. The zero-order valence-electron chi connectivity index (χ0n) is 8.34. The first-order valence-corrected chi connectivity index (χ1v) is 4.82. The van der Waals surface area contributed by atoms with Gasteiger partial charge >= 0.3 is 0 Å². The number of carbonyl (C=O) groups excluding carboxylic acids is 1. The van der Waals surface area contributed by atoms with Gasteiger partial charge in [0, 0.05) is 0 Å². The minimum atomic E-state index is -0.417.